The van der Waals surface area contributed by atoms with Gasteiger partial charge in [0.05, 0.1) is 19.3 Å². The van der Waals surface area contributed by atoms with Crippen LogP contribution < -0.4 is 10.6 Å². The molecule has 3 aliphatic rings. The van der Waals surface area contributed by atoms with Crippen molar-refractivity contribution in [1.29, 1.82) is 0 Å². The molecule has 0 aliphatic carbocycles. The molecule has 0 bridgehead atoms. The fourth-order valence-corrected chi connectivity index (χ4v) is 4.90. The topological polar surface area (TPSA) is 73.9 Å². The standard InChI is InChI=1S/C25H29FN4O3/c26-21-12-17(14-29-8-10-33-11-9-29)4-5-18(21)13-27-22-3-1-2-19-15-30(16-20(19)22)23-6-7-24(31)28-25(23)32/h1-5,12,23,27H,6-11,13-16H2,(H,28,31,32). The minimum Gasteiger partial charge on any atom is -0.381 e. The molecule has 3 heterocycles. The minimum absolute atomic E-state index is 0.201. The molecule has 1 unspecified atom stereocenters. The lowest BCUT2D eigenvalue weighted by molar-refractivity contribution is -0.137. The molecule has 0 spiro atoms. The fraction of sp³-hybridized carbons (Fsp3) is 0.440. The molecule has 0 saturated carbocycles. The molecule has 7 nitrogen and oxygen atoms in total. The molecule has 33 heavy (non-hydrogen) atoms. The number of amides is 2. The van der Waals surface area contributed by atoms with Gasteiger partial charge in [0.15, 0.2) is 0 Å². The van der Waals surface area contributed by atoms with Gasteiger partial charge in [-0.15, -0.1) is 0 Å². The number of hydrogen-bond donors (Lipinski definition) is 2. The molecule has 5 rings (SSSR count). The number of hydrogen-bond acceptors (Lipinski definition) is 6. The first-order chi connectivity index (χ1) is 16.1. The monoisotopic (exact) mass is 452 g/mol. The summed E-state index contributed by atoms with van der Waals surface area (Å²) in [4.78, 5) is 28.2. The molecule has 2 aromatic rings. The van der Waals surface area contributed by atoms with Crippen LogP contribution in [0.15, 0.2) is 36.4 Å². The molecule has 174 valence electrons. The molecular weight excluding hydrogens is 423 g/mol. The summed E-state index contributed by atoms with van der Waals surface area (Å²) < 4.78 is 20.2. The quantitative estimate of drug-likeness (QED) is 0.656. The lowest BCUT2D eigenvalue weighted by Gasteiger charge is -2.29. The van der Waals surface area contributed by atoms with Crippen molar-refractivity contribution in [2.45, 2.75) is 45.1 Å². The van der Waals surface area contributed by atoms with Crippen LogP contribution in [-0.4, -0.2) is 54.0 Å². The van der Waals surface area contributed by atoms with Crippen molar-refractivity contribution in [3.63, 3.8) is 0 Å². The van der Waals surface area contributed by atoms with Gasteiger partial charge in [-0.2, -0.15) is 0 Å². The Bertz CT molecular complexity index is 1050. The first kappa shape index (κ1) is 22.0. The summed E-state index contributed by atoms with van der Waals surface area (Å²) in [6.07, 6.45) is 0.915. The highest BCUT2D eigenvalue weighted by Crippen LogP contribution is 2.32. The molecule has 2 aromatic carbocycles. The number of ether oxygens (including phenoxy) is 1. The molecule has 2 fully saturated rings. The van der Waals surface area contributed by atoms with Crippen LogP contribution in [0.1, 0.15) is 35.1 Å². The Labute approximate surface area is 192 Å². The maximum absolute atomic E-state index is 14.8. The van der Waals surface area contributed by atoms with Crippen LogP contribution in [0.3, 0.4) is 0 Å². The van der Waals surface area contributed by atoms with Crippen LogP contribution in [0.25, 0.3) is 0 Å². The van der Waals surface area contributed by atoms with E-state index in [1.807, 2.05) is 24.3 Å². The number of nitrogens with one attached hydrogen (secondary N) is 2. The minimum atomic E-state index is -0.292. The largest absolute Gasteiger partial charge is 0.381 e. The van der Waals surface area contributed by atoms with Gasteiger partial charge in [-0.3, -0.25) is 24.7 Å². The Hall–Kier alpha value is -2.81. The van der Waals surface area contributed by atoms with E-state index in [9.17, 15) is 14.0 Å². The summed E-state index contributed by atoms with van der Waals surface area (Å²) in [7, 11) is 0. The number of anilines is 1. The van der Waals surface area contributed by atoms with Gasteiger partial charge in [0, 0.05) is 56.9 Å². The lowest BCUT2D eigenvalue weighted by atomic mass is 10.0. The maximum atomic E-state index is 14.8. The second kappa shape index (κ2) is 9.59. The van der Waals surface area contributed by atoms with Gasteiger partial charge in [-0.25, -0.2) is 4.39 Å². The highest BCUT2D eigenvalue weighted by molar-refractivity contribution is 6.00. The van der Waals surface area contributed by atoms with Crippen molar-refractivity contribution in [1.82, 2.24) is 15.1 Å². The Morgan fingerprint density at radius 3 is 2.76 bits per heavy atom. The molecule has 2 saturated heterocycles. The molecular formula is C25H29FN4O3. The summed E-state index contributed by atoms with van der Waals surface area (Å²) in [5, 5.41) is 5.84. The predicted molar refractivity (Wildman–Crippen MR) is 122 cm³/mol. The van der Waals surface area contributed by atoms with Crippen molar-refractivity contribution >= 4 is 17.5 Å². The zero-order valence-corrected chi connectivity index (χ0v) is 18.6. The van der Waals surface area contributed by atoms with Gasteiger partial charge in [0.2, 0.25) is 11.8 Å². The van der Waals surface area contributed by atoms with Gasteiger partial charge in [-0.05, 0) is 35.2 Å². The summed E-state index contributed by atoms with van der Waals surface area (Å²) >= 11 is 0. The summed E-state index contributed by atoms with van der Waals surface area (Å²) in [6, 6.07) is 11.2. The number of nitrogens with zero attached hydrogens (tertiary/aromatic N) is 2. The van der Waals surface area contributed by atoms with Gasteiger partial charge in [0.25, 0.3) is 0 Å². The number of halogens is 1. The smallest absolute Gasteiger partial charge is 0.243 e. The highest BCUT2D eigenvalue weighted by Gasteiger charge is 2.35. The number of fused-ring (bicyclic) bond motifs is 1. The Kier molecular flexibility index (Phi) is 6.39. The zero-order valence-electron chi connectivity index (χ0n) is 18.6. The van der Waals surface area contributed by atoms with Crippen LogP contribution in [0.4, 0.5) is 10.1 Å². The van der Waals surface area contributed by atoms with E-state index >= 15 is 0 Å². The Morgan fingerprint density at radius 2 is 1.97 bits per heavy atom. The lowest BCUT2D eigenvalue weighted by Crippen LogP contribution is -2.50. The number of morpholine rings is 1. The summed E-state index contributed by atoms with van der Waals surface area (Å²) in [6.45, 7) is 5.63. The first-order valence-corrected chi connectivity index (χ1v) is 11.6. The molecule has 0 radical (unpaired) electrons. The third kappa shape index (κ3) is 4.93. The van der Waals surface area contributed by atoms with Gasteiger partial charge < -0.3 is 10.1 Å². The number of rotatable bonds is 6. The highest BCUT2D eigenvalue weighted by atomic mass is 19.1. The second-order valence-electron chi connectivity index (χ2n) is 8.98. The summed E-state index contributed by atoms with van der Waals surface area (Å²) in [5.74, 6) is -0.618. The molecule has 1 atom stereocenters. The van der Waals surface area contributed by atoms with E-state index in [-0.39, 0.29) is 23.7 Å². The van der Waals surface area contributed by atoms with Crippen LogP contribution in [0.5, 0.6) is 0 Å². The van der Waals surface area contributed by atoms with E-state index in [2.05, 4.69) is 26.5 Å². The molecule has 2 amide bonds. The first-order valence-electron chi connectivity index (χ1n) is 11.6. The number of piperidine rings is 1. The Balaban J connectivity index is 1.22. The predicted octanol–water partition coefficient (Wildman–Crippen LogP) is 2.39. The number of carbonyl (C=O) groups is 2. The number of imide groups is 1. The van der Waals surface area contributed by atoms with Crippen LogP contribution in [-0.2, 0) is 40.5 Å². The number of carbonyl (C=O) groups excluding carboxylic acids is 2. The average molecular weight is 453 g/mol. The van der Waals surface area contributed by atoms with Crippen LogP contribution in [0.2, 0.25) is 0 Å². The third-order valence-corrected chi connectivity index (χ3v) is 6.76. The van der Waals surface area contributed by atoms with E-state index in [1.54, 1.807) is 6.07 Å². The van der Waals surface area contributed by atoms with Gasteiger partial charge >= 0.3 is 0 Å². The van der Waals surface area contributed by atoms with E-state index in [4.69, 9.17) is 4.74 Å². The second-order valence-corrected chi connectivity index (χ2v) is 8.98. The van der Waals surface area contributed by atoms with Crippen molar-refractivity contribution in [2.24, 2.45) is 0 Å². The SMILES string of the molecule is O=C1CCC(N2Cc3cccc(NCc4ccc(CN5CCOCC5)cc4F)c3C2)C(=O)N1. The average Bonchev–Trinajstić information content (AvgIpc) is 3.24. The Morgan fingerprint density at radius 1 is 1.12 bits per heavy atom. The third-order valence-electron chi connectivity index (χ3n) is 6.76. The molecule has 0 aromatic heterocycles. The van der Waals surface area contributed by atoms with E-state index < -0.39 is 0 Å². The van der Waals surface area contributed by atoms with Gasteiger partial charge in [-0.1, -0.05) is 24.3 Å². The van der Waals surface area contributed by atoms with Gasteiger partial charge in [0.1, 0.15) is 5.82 Å². The van der Waals surface area contributed by atoms with Crippen LogP contribution in [0, 0.1) is 5.82 Å². The van der Waals surface area contributed by atoms with Crippen LogP contribution >= 0.6 is 0 Å². The molecule has 8 heteroatoms. The molecule has 3 aliphatic heterocycles. The normalized spacial score (nSPS) is 21.7. The molecule has 2 N–H and O–H groups in total. The van der Waals surface area contributed by atoms with E-state index in [0.29, 0.717) is 38.0 Å². The van der Waals surface area contributed by atoms with E-state index in [0.717, 1.165) is 55.2 Å². The van der Waals surface area contributed by atoms with Crippen molar-refractivity contribution < 1.29 is 18.7 Å². The number of benzene rings is 2. The maximum Gasteiger partial charge on any atom is 0.243 e. The van der Waals surface area contributed by atoms with Crippen molar-refractivity contribution in [3.05, 3.63) is 64.5 Å². The van der Waals surface area contributed by atoms with Crippen molar-refractivity contribution in [2.75, 3.05) is 31.6 Å². The zero-order chi connectivity index (χ0) is 22.8. The summed E-state index contributed by atoms with van der Waals surface area (Å²) in [5.41, 5.74) is 4.84. The van der Waals surface area contributed by atoms with E-state index in [1.165, 1.54) is 0 Å². The van der Waals surface area contributed by atoms with Crippen molar-refractivity contribution in [3.8, 4) is 0 Å². The fourth-order valence-electron chi connectivity index (χ4n) is 4.90.